The Morgan fingerprint density at radius 2 is 1.88 bits per heavy atom. The summed E-state index contributed by atoms with van der Waals surface area (Å²) in [6, 6.07) is 8.38. The summed E-state index contributed by atoms with van der Waals surface area (Å²) in [4.78, 5) is 15.7. The quantitative estimate of drug-likeness (QED) is 0.429. The van der Waals surface area contributed by atoms with Crippen molar-refractivity contribution in [3.8, 4) is 0 Å². The molecule has 1 spiro atoms. The third-order valence-corrected chi connectivity index (χ3v) is 12.5. The molecule has 6 fully saturated rings. The summed E-state index contributed by atoms with van der Waals surface area (Å²) >= 11 is 0. The lowest BCUT2D eigenvalue weighted by Crippen LogP contribution is -2.82. The van der Waals surface area contributed by atoms with Crippen LogP contribution in [0.15, 0.2) is 30.3 Å². The number of likely N-dealkylation sites (N-methyl/N-ethyl adjacent to an activating group) is 1. The molecule has 7 bridgehead atoms. The Bertz CT molecular complexity index is 1170. The van der Waals surface area contributed by atoms with Crippen molar-refractivity contribution in [2.75, 3.05) is 41.0 Å². The van der Waals surface area contributed by atoms with E-state index in [0.717, 1.165) is 6.42 Å². The Morgan fingerprint density at radius 1 is 1.12 bits per heavy atom. The zero-order valence-electron chi connectivity index (χ0n) is 23.9. The molecule has 13 atom stereocenters. The second-order valence-electron chi connectivity index (χ2n) is 13.4. The van der Waals surface area contributed by atoms with Crippen LogP contribution in [0.5, 0.6) is 0 Å². The van der Waals surface area contributed by atoms with Gasteiger partial charge in [0.2, 0.25) is 0 Å². The molecule has 7 rings (SSSR count). The molecule has 5 saturated carbocycles. The number of piperidine rings is 1. The molecule has 1 aliphatic heterocycles. The van der Waals surface area contributed by atoms with E-state index in [4.69, 9.17) is 18.9 Å². The third kappa shape index (κ3) is 2.90. The molecule has 40 heavy (non-hydrogen) atoms. The Hall–Kier alpha value is -1.59. The molecule has 1 saturated heterocycles. The van der Waals surface area contributed by atoms with Gasteiger partial charge >= 0.3 is 5.97 Å². The molecule has 9 heteroatoms. The molecule has 1 unspecified atom stereocenters. The van der Waals surface area contributed by atoms with Crippen LogP contribution >= 0.6 is 0 Å². The number of aliphatic hydroxyl groups excluding tert-OH is 1. The van der Waals surface area contributed by atoms with Gasteiger partial charge in [0.05, 0.1) is 36.5 Å². The lowest BCUT2D eigenvalue weighted by molar-refractivity contribution is -0.317. The molecule has 0 radical (unpaired) electrons. The van der Waals surface area contributed by atoms with Crippen molar-refractivity contribution in [1.82, 2.24) is 4.90 Å². The molecular formula is C31H43NO8. The fraction of sp³-hybridized carbons (Fsp3) is 0.774. The van der Waals surface area contributed by atoms with E-state index in [9.17, 15) is 20.1 Å². The summed E-state index contributed by atoms with van der Waals surface area (Å²) in [5.74, 6) is -1.60. The second kappa shape index (κ2) is 8.96. The first-order chi connectivity index (χ1) is 19.2. The summed E-state index contributed by atoms with van der Waals surface area (Å²) in [5.41, 5.74) is -4.04. The number of esters is 1. The number of fused-ring (bicyclic) bond motifs is 2. The summed E-state index contributed by atoms with van der Waals surface area (Å²) in [7, 11) is 4.94. The molecule has 220 valence electrons. The number of aliphatic hydroxyl groups is 3. The number of hydrogen-bond donors (Lipinski definition) is 3. The zero-order valence-corrected chi connectivity index (χ0v) is 23.9. The molecule has 3 N–H and O–H groups in total. The van der Waals surface area contributed by atoms with E-state index >= 15 is 0 Å². The average Bonchev–Trinajstić information content (AvgIpc) is 3.36. The van der Waals surface area contributed by atoms with Crippen LogP contribution in [0.4, 0.5) is 0 Å². The summed E-state index contributed by atoms with van der Waals surface area (Å²) in [6.45, 7) is 3.93. The number of ether oxygens (including phenoxy) is 4. The number of nitrogens with zero attached hydrogens (tertiary/aromatic N) is 1. The van der Waals surface area contributed by atoms with Crippen LogP contribution < -0.4 is 0 Å². The highest BCUT2D eigenvalue weighted by atomic mass is 16.6. The summed E-state index contributed by atoms with van der Waals surface area (Å²) < 4.78 is 24.4. The van der Waals surface area contributed by atoms with Crippen molar-refractivity contribution < 1.29 is 39.1 Å². The average molecular weight is 558 g/mol. The van der Waals surface area contributed by atoms with Crippen LogP contribution in [0.25, 0.3) is 0 Å². The van der Waals surface area contributed by atoms with Crippen molar-refractivity contribution in [3.63, 3.8) is 0 Å². The summed E-state index contributed by atoms with van der Waals surface area (Å²) in [5, 5.41) is 38.4. The van der Waals surface area contributed by atoms with Crippen LogP contribution in [0.2, 0.25) is 0 Å². The third-order valence-electron chi connectivity index (χ3n) is 12.5. The number of carbonyl (C=O) groups excluding carboxylic acids is 1. The van der Waals surface area contributed by atoms with Gasteiger partial charge in [-0.2, -0.15) is 0 Å². The van der Waals surface area contributed by atoms with Crippen molar-refractivity contribution in [2.24, 2.45) is 34.5 Å². The van der Waals surface area contributed by atoms with Crippen LogP contribution in [0.3, 0.4) is 0 Å². The van der Waals surface area contributed by atoms with Crippen molar-refractivity contribution in [2.45, 2.75) is 74.3 Å². The first-order valence-corrected chi connectivity index (χ1v) is 14.9. The van der Waals surface area contributed by atoms with Gasteiger partial charge in [-0.05, 0) is 43.9 Å². The van der Waals surface area contributed by atoms with Crippen LogP contribution in [0.1, 0.15) is 43.0 Å². The molecule has 0 amide bonds. The molecular weight excluding hydrogens is 514 g/mol. The van der Waals surface area contributed by atoms with Gasteiger partial charge in [-0.25, -0.2) is 4.79 Å². The van der Waals surface area contributed by atoms with Crippen molar-refractivity contribution in [1.29, 1.82) is 0 Å². The first kappa shape index (κ1) is 27.3. The van der Waals surface area contributed by atoms with E-state index in [1.165, 1.54) is 0 Å². The minimum Gasteiger partial charge on any atom is -0.458 e. The number of benzene rings is 1. The lowest BCUT2D eigenvalue weighted by atomic mass is 9.42. The van der Waals surface area contributed by atoms with Gasteiger partial charge in [-0.1, -0.05) is 25.1 Å². The Kier molecular flexibility index (Phi) is 6.10. The standard InChI is InChI=1S/C31H43NO8/c1-5-32-15-28(16-37-2)12-11-21(33)30-19-13-18-20(38-3)14-29(35,31(36,27(30)32)25(39-4)24(28)30)22(19)23(18)40-26(34)17-9-7-6-8-10-17/h6-10,18-25,27,33,35-36H,5,11-16H2,1-4H3/t18-,19-,20+,21+,22-,23+,24-,25+,27?,28+,29-,30+,31-/m1/s1. The van der Waals surface area contributed by atoms with E-state index < -0.39 is 59.0 Å². The van der Waals surface area contributed by atoms with E-state index in [0.29, 0.717) is 38.1 Å². The fourth-order valence-electron chi connectivity index (χ4n) is 11.6. The highest BCUT2D eigenvalue weighted by Gasteiger charge is 2.91. The monoisotopic (exact) mass is 557 g/mol. The highest BCUT2D eigenvalue weighted by molar-refractivity contribution is 5.89. The smallest absolute Gasteiger partial charge is 0.338 e. The maximum Gasteiger partial charge on any atom is 0.338 e. The molecule has 0 aromatic heterocycles. The molecule has 1 aromatic rings. The van der Waals surface area contributed by atoms with Crippen molar-refractivity contribution in [3.05, 3.63) is 35.9 Å². The predicted octanol–water partition coefficient (Wildman–Crippen LogP) is 1.48. The van der Waals surface area contributed by atoms with Gasteiger partial charge in [0.1, 0.15) is 17.3 Å². The van der Waals surface area contributed by atoms with Gasteiger partial charge in [-0.3, -0.25) is 4.90 Å². The van der Waals surface area contributed by atoms with Gasteiger partial charge in [0, 0.05) is 62.9 Å². The molecule has 1 heterocycles. The summed E-state index contributed by atoms with van der Waals surface area (Å²) in [6.07, 6.45) is -0.318. The molecule has 1 aromatic carbocycles. The van der Waals surface area contributed by atoms with E-state index in [1.807, 2.05) is 6.07 Å². The van der Waals surface area contributed by atoms with Crippen LogP contribution in [-0.2, 0) is 18.9 Å². The van der Waals surface area contributed by atoms with Crippen molar-refractivity contribution >= 4 is 5.97 Å². The van der Waals surface area contributed by atoms with Crippen LogP contribution in [-0.4, -0.2) is 109 Å². The Balaban J connectivity index is 1.44. The zero-order chi connectivity index (χ0) is 28.2. The molecule has 6 aliphatic rings. The fourth-order valence-corrected chi connectivity index (χ4v) is 11.6. The number of likely N-dealkylation sites (tertiary alicyclic amines) is 1. The first-order valence-electron chi connectivity index (χ1n) is 14.9. The maximum atomic E-state index is 13.4. The van der Waals surface area contributed by atoms with E-state index in [2.05, 4.69) is 11.8 Å². The van der Waals surface area contributed by atoms with Gasteiger partial charge < -0.3 is 34.3 Å². The van der Waals surface area contributed by atoms with Crippen LogP contribution in [0, 0.1) is 34.5 Å². The lowest BCUT2D eigenvalue weighted by Gasteiger charge is -2.69. The van der Waals surface area contributed by atoms with Gasteiger partial charge in [0.15, 0.2) is 0 Å². The second-order valence-corrected chi connectivity index (χ2v) is 13.4. The number of methoxy groups -OCH3 is 3. The number of carbonyl (C=O) groups is 1. The SMILES string of the molecule is CCN1C[C@]2(COC)CC[C@H](O)[C@]34C1[C@](O)([C@@H](OC)[C@H]23)[C@@]1(O)C[C@H](OC)[C@H]2C[C@@H]4[C@@H]1[C@H]2OC(=O)c1ccccc1. The number of hydrogen-bond acceptors (Lipinski definition) is 9. The van der Waals surface area contributed by atoms with E-state index in [-0.39, 0.29) is 29.6 Å². The minimum absolute atomic E-state index is 0.159. The number of rotatable bonds is 7. The molecule has 9 nitrogen and oxygen atoms in total. The minimum atomic E-state index is -1.71. The normalized spacial score (nSPS) is 52.0. The largest absolute Gasteiger partial charge is 0.458 e. The van der Waals surface area contributed by atoms with E-state index in [1.54, 1.807) is 45.6 Å². The molecule has 5 aliphatic carbocycles. The van der Waals surface area contributed by atoms with Gasteiger partial charge in [0.25, 0.3) is 0 Å². The predicted molar refractivity (Wildman–Crippen MR) is 143 cm³/mol. The Morgan fingerprint density at radius 3 is 2.52 bits per heavy atom. The van der Waals surface area contributed by atoms with Gasteiger partial charge in [-0.15, -0.1) is 0 Å². The maximum absolute atomic E-state index is 13.4. The Labute approximate surface area is 235 Å². The highest BCUT2D eigenvalue weighted by Crippen LogP contribution is 2.80. The topological polar surface area (TPSA) is 118 Å².